The third kappa shape index (κ3) is 1.71. The number of amides is 1. The average Bonchev–Trinajstić information content (AvgIpc) is 2.61. The zero-order chi connectivity index (χ0) is 11.7. The smallest absolute Gasteiger partial charge is 0.427 e. The molecule has 1 heterocycles. The Labute approximate surface area is 92.6 Å². The number of rotatable bonds is 1. The van der Waals surface area contributed by atoms with Gasteiger partial charge >= 0.3 is 6.09 Å². The first-order chi connectivity index (χ1) is 7.59. The van der Waals surface area contributed by atoms with Gasteiger partial charge in [-0.15, -0.1) is 0 Å². The van der Waals surface area contributed by atoms with Crippen molar-refractivity contribution in [3.63, 3.8) is 0 Å². The van der Waals surface area contributed by atoms with Crippen LogP contribution in [-0.2, 0) is 0 Å². The maximum absolute atomic E-state index is 10.8. The molecule has 5 nitrogen and oxygen atoms in total. The van der Waals surface area contributed by atoms with Gasteiger partial charge in [-0.3, -0.25) is 0 Å². The van der Waals surface area contributed by atoms with E-state index in [2.05, 4.69) is 5.10 Å². The first kappa shape index (κ1) is 10.5. The van der Waals surface area contributed by atoms with Crippen LogP contribution in [0.4, 0.5) is 4.79 Å². The van der Waals surface area contributed by atoms with E-state index in [1.165, 1.54) is 0 Å². The number of nitrogens with zero attached hydrogens (tertiary/aromatic N) is 2. The summed E-state index contributed by atoms with van der Waals surface area (Å²) in [5.41, 5.74) is 1.21. The van der Waals surface area contributed by atoms with E-state index in [4.69, 9.17) is 5.11 Å². The third-order valence-corrected chi connectivity index (χ3v) is 2.54. The Morgan fingerprint density at radius 1 is 1.50 bits per heavy atom. The zero-order valence-corrected chi connectivity index (χ0v) is 8.79. The Kier molecular flexibility index (Phi) is 2.52. The van der Waals surface area contributed by atoms with Crippen molar-refractivity contribution in [1.82, 2.24) is 5.01 Å². The number of hydrogen-bond donors (Lipinski definition) is 2. The summed E-state index contributed by atoms with van der Waals surface area (Å²) in [5.74, 6) is 0.115. The van der Waals surface area contributed by atoms with Gasteiger partial charge in [0.2, 0.25) is 0 Å². The number of phenolic OH excluding ortho intramolecular Hbond substituents is 1. The monoisotopic (exact) mass is 220 g/mol. The molecule has 1 aliphatic rings. The molecule has 0 radical (unpaired) electrons. The zero-order valence-electron chi connectivity index (χ0n) is 8.79. The van der Waals surface area contributed by atoms with Gasteiger partial charge in [0, 0.05) is 11.5 Å². The van der Waals surface area contributed by atoms with Gasteiger partial charge in [-0.25, -0.2) is 4.79 Å². The average molecular weight is 220 g/mol. The summed E-state index contributed by atoms with van der Waals surface area (Å²) in [4.78, 5) is 10.8. The van der Waals surface area contributed by atoms with Gasteiger partial charge in [-0.05, 0) is 12.1 Å². The summed E-state index contributed by atoms with van der Waals surface area (Å²) in [5, 5.41) is 23.5. The minimum absolute atomic E-state index is 0.00981. The second-order valence-corrected chi connectivity index (χ2v) is 3.77. The van der Waals surface area contributed by atoms with Gasteiger partial charge in [-0.1, -0.05) is 19.1 Å². The Morgan fingerprint density at radius 2 is 2.19 bits per heavy atom. The summed E-state index contributed by atoms with van der Waals surface area (Å²) in [6.07, 6.45) is -1.07. The van der Waals surface area contributed by atoms with Gasteiger partial charge < -0.3 is 10.2 Å². The third-order valence-electron chi connectivity index (χ3n) is 2.54. The van der Waals surface area contributed by atoms with Crippen molar-refractivity contribution < 1.29 is 15.0 Å². The van der Waals surface area contributed by atoms with Crippen molar-refractivity contribution >= 4 is 11.8 Å². The maximum atomic E-state index is 10.8. The van der Waals surface area contributed by atoms with E-state index in [0.29, 0.717) is 17.8 Å². The molecule has 1 unspecified atom stereocenters. The van der Waals surface area contributed by atoms with Crippen molar-refractivity contribution in [3.05, 3.63) is 29.8 Å². The normalized spacial score (nSPS) is 19.7. The van der Waals surface area contributed by atoms with Crippen LogP contribution >= 0.6 is 0 Å². The van der Waals surface area contributed by atoms with E-state index in [9.17, 15) is 9.90 Å². The molecular weight excluding hydrogens is 208 g/mol. The summed E-state index contributed by atoms with van der Waals surface area (Å²) < 4.78 is 0. The fourth-order valence-electron chi connectivity index (χ4n) is 1.75. The van der Waals surface area contributed by atoms with E-state index in [1.807, 2.05) is 6.92 Å². The molecule has 1 aliphatic heterocycles. The van der Waals surface area contributed by atoms with Gasteiger partial charge in [-0.2, -0.15) is 10.1 Å². The van der Waals surface area contributed by atoms with Gasteiger partial charge in [0.15, 0.2) is 0 Å². The SMILES string of the molecule is CC1CN(C(=O)O)N=C1c1ccccc1O. The van der Waals surface area contributed by atoms with E-state index in [1.54, 1.807) is 24.3 Å². The lowest BCUT2D eigenvalue weighted by Crippen LogP contribution is -2.23. The first-order valence-electron chi connectivity index (χ1n) is 4.97. The molecule has 1 amide bonds. The van der Waals surface area contributed by atoms with Crippen LogP contribution in [0.25, 0.3) is 0 Å². The number of para-hydroxylation sites is 1. The molecule has 0 bridgehead atoms. The second kappa shape index (κ2) is 3.84. The van der Waals surface area contributed by atoms with E-state index in [-0.39, 0.29) is 11.7 Å². The number of aromatic hydroxyl groups is 1. The summed E-state index contributed by atoms with van der Waals surface area (Å²) in [7, 11) is 0. The molecule has 0 spiro atoms. The van der Waals surface area contributed by atoms with Gasteiger partial charge in [0.25, 0.3) is 0 Å². The molecule has 0 aliphatic carbocycles. The lowest BCUT2D eigenvalue weighted by atomic mass is 9.99. The minimum Gasteiger partial charge on any atom is -0.507 e. The summed E-state index contributed by atoms with van der Waals surface area (Å²) >= 11 is 0. The number of hydrogen-bond acceptors (Lipinski definition) is 3. The lowest BCUT2D eigenvalue weighted by molar-refractivity contribution is 0.149. The van der Waals surface area contributed by atoms with Crippen LogP contribution in [0.15, 0.2) is 29.4 Å². The fraction of sp³-hybridized carbons (Fsp3) is 0.273. The standard InChI is InChI=1S/C11H12N2O3/c1-7-6-13(11(15)16)12-10(7)8-4-2-3-5-9(8)14/h2-5,7,14H,6H2,1H3,(H,15,16). The molecular formula is C11H12N2O3. The largest absolute Gasteiger partial charge is 0.507 e. The molecule has 0 saturated carbocycles. The molecule has 2 N–H and O–H groups in total. The van der Waals surface area contributed by atoms with Crippen LogP contribution in [0.2, 0.25) is 0 Å². The molecule has 5 heteroatoms. The molecule has 1 aromatic rings. The number of phenols is 1. The van der Waals surface area contributed by atoms with Crippen LogP contribution < -0.4 is 0 Å². The Balaban J connectivity index is 2.38. The topological polar surface area (TPSA) is 73.1 Å². The summed E-state index contributed by atoms with van der Waals surface area (Å²) in [6.45, 7) is 2.22. The Morgan fingerprint density at radius 3 is 2.75 bits per heavy atom. The van der Waals surface area contributed by atoms with E-state index in [0.717, 1.165) is 5.01 Å². The minimum atomic E-state index is -1.07. The molecule has 84 valence electrons. The quantitative estimate of drug-likeness (QED) is 0.756. The highest BCUT2D eigenvalue weighted by Crippen LogP contribution is 2.25. The van der Waals surface area contributed by atoms with Crippen LogP contribution in [0, 0.1) is 5.92 Å². The number of carboxylic acid groups (broad SMARTS) is 1. The number of benzene rings is 1. The highest BCUT2D eigenvalue weighted by atomic mass is 16.4. The lowest BCUT2D eigenvalue weighted by Gasteiger charge is -2.07. The number of carbonyl (C=O) groups is 1. The molecule has 0 saturated heterocycles. The second-order valence-electron chi connectivity index (χ2n) is 3.77. The van der Waals surface area contributed by atoms with Gasteiger partial charge in [0.1, 0.15) is 5.75 Å². The van der Waals surface area contributed by atoms with Crippen LogP contribution in [0.5, 0.6) is 5.75 Å². The van der Waals surface area contributed by atoms with Crippen LogP contribution in [-0.4, -0.2) is 33.6 Å². The highest BCUT2D eigenvalue weighted by molar-refractivity contribution is 6.05. The van der Waals surface area contributed by atoms with E-state index < -0.39 is 6.09 Å². The predicted molar refractivity (Wildman–Crippen MR) is 58.5 cm³/mol. The highest BCUT2D eigenvalue weighted by Gasteiger charge is 2.28. The molecule has 1 aromatic carbocycles. The number of hydrazone groups is 1. The predicted octanol–water partition coefficient (Wildman–Crippen LogP) is 1.73. The van der Waals surface area contributed by atoms with Crippen LogP contribution in [0.3, 0.4) is 0 Å². The van der Waals surface area contributed by atoms with Crippen molar-refractivity contribution in [1.29, 1.82) is 0 Å². The fourth-order valence-corrected chi connectivity index (χ4v) is 1.75. The van der Waals surface area contributed by atoms with Crippen molar-refractivity contribution in [2.24, 2.45) is 11.0 Å². The Bertz CT molecular complexity index is 456. The van der Waals surface area contributed by atoms with Crippen LogP contribution in [0.1, 0.15) is 12.5 Å². The van der Waals surface area contributed by atoms with Crippen molar-refractivity contribution in [2.75, 3.05) is 6.54 Å². The maximum Gasteiger partial charge on any atom is 0.427 e. The first-order valence-corrected chi connectivity index (χ1v) is 4.97. The van der Waals surface area contributed by atoms with Crippen molar-refractivity contribution in [3.8, 4) is 5.75 Å². The molecule has 16 heavy (non-hydrogen) atoms. The van der Waals surface area contributed by atoms with E-state index >= 15 is 0 Å². The van der Waals surface area contributed by atoms with Crippen molar-refractivity contribution in [2.45, 2.75) is 6.92 Å². The molecule has 0 aromatic heterocycles. The molecule has 1 atom stereocenters. The summed E-state index contributed by atoms with van der Waals surface area (Å²) in [6, 6.07) is 6.80. The Hall–Kier alpha value is -2.04. The molecule has 0 fully saturated rings. The van der Waals surface area contributed by atoms with Gasteiger partial charge in [0.05, 0.1) is 12.3 Å². The molecule has 2 rings (SSSR count).